The van der Waals surface area contributed by atoms with E-state index in [-0.39, 0.29) is 23.7 Å². The highest BCUT2D eigenvalue weighted by atomic mass is 16.5. The fraction of sp³-hybridized carbons (Fsp3) is 0.619. The summed E-state index contributed by atoms with van der Waals surface area (Å²) in [5, 5.41) is 0. The van der Waals surface area contributed by atoms with E-state index in [4.69, 9.17) is 10.5 Å². The molecule has 2 aliphatic rings. The van der Waals surface area contributed by atoms with Gasteiger partial charge in [0.15, 0.2) is 0 Å². The van der Waals surface area contributed by atoms with Gasteiger partial charge in [-0.25, -0.2) is 0 Å². The number of methoxy groups -OCH3 is 1. The first-order chi connectivity index (χ1) is 13.0. The molecule has 0 saturated carbocycles. The maximum absolute atomic E-state index is 12.8. The number of rotatable bonds is 6. The molecule has 1 aromatic carbocycles. The third-order valence-electron chi connectivity index (χ3n) is 6.25. The number of nitrogens with zero attached hydrogens (tertiary/aromatic N) is 2. The quantitative estimate of drug-likeness (QED) is 0.820. The number of carbonyl (C=O) groups is 2. The fourth-order valence-electron chi connectivity index (χ4n) is 4.58. The molecule has 6 heteroatoms. The molecule has 2 fully saturated rings. The van der Waals surface area contributed by atoms with E-state index in [2.05, 4.69) is 11.9 Å². The Labute approximate surface area is 161 Å². The highest BCUT2D eigenvalue weighted by molar-refractivity contribution is 5.81. The lowest BCUT2D eigenvalue weighted by atomic mass is 9.78. The third-order valence-corrected chi connectivity index (χ3v) is 6.25. The topological polar surface area (TPSA) is 75.9 Å². The Kier molecular flexibility index (Phi) is 6.37. The minimum Gasteiger partial charge on any atom is -0.496 e. The van der Waals surface area contributed by atoms with E-state index in [1.165, 1.54) is 0 Å². The van der Waals surface area contributed by atoms with Crippen molar-refractivity contribution in [1.82, 2.24) is 9.80 Å². The number of hydrogen-bond acceptors (Lipinski definition) is 4. The molecule has 0 radical (unpaired) electrons. The van der Waals surface area contributed by atoms with Crippen LogP contribution in [0.15, 0.2) is 24.3 Å². The van der Waals surface area contributed by atoms with Crippen LogP contribution >= 0.6 is 0 Å². The molecule has 2 saturated heterocycles. The maximum Gasteiger partial charge on any atom is 0.222 e. The van der Waals surface area contributed by atoms with Gasteiger partial charge >= 0.3 is 0 Å². The van der Waals surface area contributed by atoms with Crippen LogP contribution in [0.25, 0.3) is 0 Å². The highest BCUT2D eigenvalue weighted by Crippen LogP contribution is 2.36. The second-order valence-electron chi connectivity index (χ2n) is 7.92. The minimum absolute atomic E-state index is 0.0996. The number of hydrogen-bond donors (Lipinski definition) is 1. The van der Waals surface area contributed by atoms with E-state index in [0.29, 0.717) is 31.8 Å². The van der Waals surface area contributed by atoms with Crippen LogP contribution in [0, 0.1) is 17.8 Å². The van der Waals surface area contributed by atoms with Crippen molar-refractivity contribution in [1.29, 1.82) is 0 Å². The number of benzene rings is 1. The lowest BCUT2D eigenvalue weighted by molar-refractivity contribution is -0.130. The van der Waals surface area contributed by atoms with E-state index in [9.17, 15) is 9.59 Å². The predicted octanol–water partition coefficient (Wildman–Crippen LogP) is 1.53. The first-order valence-corrected chi connectivity index (χ1v) is 9.87. The zero-order valence-corrected chi connectivity index (χ0v) is 16.4. The van der Waals surface area contributed by atoms with Crippen LogP contribution < -0.4 is 10.5 Å². The van der Waals surface area contributed by atoms with Gasteiger partial charge in [-0.2, -0.15) is 0 Å². The van der Waals surface area contributed by atoms with Crippen molar-refractivity contribution in [3.05, 3.63) is 29.8 Å². The van der Waals surface area contributed by atoms with Gasteiger partial charge in [-0.05, 0) is 62.9 Å². The molecule has 6 nitrogen and oxygen atoms in total. The van der Waals surface area contributed by atoms with Crippen molar-refractivity contribution >= 4 is 11.8 Å². The summed E-state index contributed by atoms with van der Waals surface area (Å²) in [7, 11) is 3.77. The molecule has 2 heterocycles. The molecule has 2 aliphatic heterocycles. The Balaban J connectivity index is 1.61. The summed E-state index contributed by atoms with van der Waals surface area (Å²) in [6, 6.07) is 7.78. The molecule has 0 aliphatic carbocycles. The average molecular weight is 373 g/mol. The lowest BCUT2D eigenvalue weighted by Gasteiger charge is -2.34. The van der Waals surface area contributed by atoms with Crippen LogP contribution in [-0.2, 0) is 16.0 Å². The minimum atomic E-state index is -0.265. The van der Waals surface area contributed by atoms with Gasteiger partial charge in [0.2, 0.25) is 11.8 Å². The van der Waals surface area contributed by atoms with Gasteiger partial charge in [0.05, 0.1) is 13.0 Å². The summed E-state index contributed by atoms with van der Waals surface area (Å²) in [5.74, 6) is 1.11. The average Bonchev–Trinajstić information content (AvgIpc) is 3.12. The number of aryl methyl sites for hydroxylation is 1. The summed E-state index contributed by atoms with van der Waals surface area (Å²) in [6.45, 7) is 3.23. The van der Waals surface area contributed by atoms with Gasteiger partial charge in [0.25, 0.3) is 0 Å². The molecule has 3 rings (SSSR count). The van der Waals surface area contributed by atoms with Crippen molar-refractivity contribution in [3.8, 4) is 5.75 Å². The molecule has 2 N–H and O–H groups in total. The van der Waals surface area contributed by atoms with Crippen LogP contribution in [0.3, 0.4) is 0 Å². The second kappa shape index (κ2) is 8.74. The summed E-state index contributed by atoms with van der Waals surface area (Å²) >= 11 is 0. The molecule has 0 aromatic heterocycles. The monoisotopic (exact) mass is 373 g/mol. The van der Waals surface area contributed by atoms with Gasteiger partial charge in [-0.15, -0.1) is 0 Å². The number of para-hydroxylation sites is 1. The molecule has 2 atom stereocenters. The molecule has 2 amide bonds. The Morgan fingerprint density at radius 3 is 2.56 bits per heavy atom. The Hall–Kier alpha value is -2.08. The summed E-state index contributed by atoms with van der Waals surface area (Å²) < 4.78 is 5.37. The van der Waals surface area contributed by atoms with Crippen molar-refractivity contribution in [3.63, 3.8) is 0 Å². The summed E-state index contributed by atoms with van der Waals surface area (Å²) in [5.41, 5.74) is 6.72. The third kappa shape index (κ3) is 4.61. The van der Waals surface area contributed by atoms with Crippen molar-refractivity contribution in [2.24, 2.45) is 23.5 Å². The van der Waals surface area contributed by atoms with Gasteiger partial charge in [-0.3, -0.25) is 9.59 Å². The molecular formula is C21H31N3O3. The molecule has 27 heavy (non-hydrogen) atoms. The Morgan fingerprint density at radius 1 is 1.19 bits per heavy atom. The SMILES string of the molecule is COc1ccccc1CCC(=O)N1C[C@@H](C(N)=O)[C@H](C2CCN(C)CC2)C1. The van der Waals surface area contributed by atoms with Crippen LogP contribution in [0.1, 0.15) is 24.8 Å². The number of piperidine rings is 1. The van der Waals surface area contributed by atoms with Gasteiger partial charge in [-0.1, -0.05) is 18.2 Å². The molecule has 0 bridgehead atoms. The molecule has 1 aromatic rings. The molecule has 0 spiro atoms. The van der Waals surface area contributed by atoms with Crippen molar-refractivity contribution in [2.45, 2.75) is 25.7 Å². The molecular weight excluding hydrogens is 342 g/mol. The molecule has 148 valence electrons. The first-order valence-electron chi connectivity index (χ1n) is 9.87. The van der Waals surface area contributed by atoms with Crippen LogP contribution in [0.5, 0.6) is 5.75 Å². The van der Waals surface area contributed by atoms with E-state index in [1.54, 1.807) is 7.11 Å². The molecule has 0 unspecified atom stereocenters. The zero-order chi connectivity index (χ0) is 19.4. The normalized spacial score (nSPS) is 24.1. The van der Waals surface area contributed by atoms with Gasteiger partial charge in [0, 0.05) is 19.5 Å². The van der Waals surface area contributed by atoms with Crippen LogP contribution in [0.4, 0.5) is 0 Å². The predicted molar refractivity (Wildman–Crippen MR) is 104 cm³/mol. The number of primary amides is 1. The van der Waals surface area contributed by atoms with Crippen LogP contribution in [0.2, 0.25) is 0 Å². The second-order valence-corrected chi connectivity index (χ2v) is 7.92. The number of likely N-dealkylation sites (tertiary alicyclic amines) is 2. The number of amides is 2. The Bertz CT molecular complexity index is 670. The number of carbonyl (C=O) groups excluding carboxylic acids is 2. The summed E-state index contributed by atoms with van der Waals surface area (Å²) in [6.07, 6.45) is 3.22. The van der Waals surface area contributed by atoms with Crippen molar-refractivity contribution in [2.75, 3.05) is 40.3 Å². The van der Waals surface area contributed by atoms with Crippen molar-refractivity contribution < 1.29 is 14.3 Å². The standard InChI is InChI=1S/C21H31N3O3/c1-23-11-9-15(10-12-23)17-13-24(14-18(17)21(22)26)20(25)8-7-16-5-3-4-6-19(16)27-2/h3-6,15,17-18H,7-14H2,1-2H3,(H2,22,26)/t17-,18+/m0/s1. The van der Waals surface area contributed by atoms with E-state index >= 15 is 0 Å². The zero-order valence-electron chi connectivity index (χ0n) is 16.4. The Morgan fingerprint density at radius 2 is 1.89 bits per heavy atom. The lowest BCUT2D eigenvalue weighted by Crippen LogP contribution is -2.38. The smallest absolute Gasteiger partial charge is 0.222 e. The first kappa shape index (κ1) is 19.7. The summed E-state index contributed by atoms with van der Waals surface area (Å²) in [4.78, 5) is 29.0. The van der Waals surface area contributed by atoms with Gasteiger partial charge in [0.1, 0.15) is 5.75 Å². The largest absolute Gasteiger partial charge is 0.496 e. The van der Waals surface area contributed by atoms with E-state index in [1.807, 2.05) is 29.2 Å². The number of ether oxygens (including phenoxy) is 1. The van der Waals surface area contributed by atoms with E-state index < -0.39 is 0 Å². The van der Waals surface area contributed by atoms with Crippen LogP contribution in [-0.4, -0.2) is 62.0 Å². The number of nitrogens with two attached hydrogens (primary N) is 1. The highest BCUT2D eigenvalue weighted by Gasteiger charge is 2.42. The van der Waals surface area contributed by atoms with E-state index in [0.717, 1.165) is 37.2 Å². The fourth-order valence-corrected chi connectivity index (χ4v) is 4.58. The van der Waals surface area contributed by atoms with Gasteiger partial charge < -0.3 is 20.3 Å². The maximum atomic E-state index is 12.8.